The number of unbranched alkanes of at least 4 members (excludes halogenated alkanes) is 1. The van der Waals surface area contributed by atoms with Gasteiger partial charge in [0, 0.05) is 12.1 Å². The van der Waals surface area contributed by atoms with Crippen molar-refractivity contribution in [1.82, 2.24) is 4.90 Å². The molecule has 0 bridgehead atoms. The van der Waals surface area contributed by atoms with E-state index >= 15 is 0 Å². The Morgan fingerprint density at radius 3 is 2.10 bits per heavy atom. The predicted octanol–water partition coefficient (Wildman–Crippen LogP) is 3.93. The molecule has 1 aliphatic rings. The summed E-state index contributed by atoms with van der Waals surface area (Å²) < 4.78 is 16.3. The summed E-state index contributed by atoms with van der Waals surface area (Å²) >= 11 is 0. The van der Waals surface area contributed by atoms with E-state index in [1.54, 1.807) is 30.3 Å². The van der Waals surface area contributed by atoms with Crippen molar-refractivity contribution in [2.45, 2.75) is 25.8 Å². The monoisotopic (exact) mass is 425 g/mol. The lowest BCUT2D eigenvalue weighted by Crippen LogP contribution is -2.30. The van der Waals surface area contributed by atoms with Gasteiger partial charge >= 0.3 is 0 Å². The molecule has 1 unspecified atom stereocenters. The van der Waals surface area contributed by atoms with Crippen LogP contribution in [0.2, 0.25) is 0 Å². The lowest BCUT2D eigenvalue weighted by Gasteiger charge is -2.26. The number of nitrogens with zero attached hydrogens (tertiary/aromatic N) is 1. The van der Waals surface area contributed by atoms with Crippen molar-refractivity contribution in [3.8, 4) is 17.2 Å². The first kappa shape index (κ1) is 22.2. The third kappa shape index (κ3) is 3.95. The molecule has 31 heavy (non-hydrogen) atoms. The van der Waals surface area contributed by atoms with Gasteiger partial charge in [0.2, 0.25) is 0 Å². The highest BCUT2D eigenvalue weighted by atomic mass is 16.5. The Bertz CT molecular complexity index is 991. The molecule has 2 aromatic rings. The molecule has 0 radical (unpaired) electrons. The number of likely N-dealkylation sites (tertiary alicyclic amines) is 1. The average molecular weight is 425 g/mol. The summed E-state index contributed by atoms with van der Waals surface area (Å²) in [5, 5.41) is 11.3. The van der Waals surface area contributed by atoms with Crippen LogP contribution in [0, 0.1) is 0 Å². The van der Waals surface area contributed by atoms with E-state index in [-0.39, 0.29) is 16.9 Å². The molecule has 1 aliphatic heterocycles. The van der Waals surface area contributed by atoms with Crippen LogP contribution in [0.15, 0.2) is 48.0 Å². The first-order valence-corrected chi connectivity index (χ1v) is 10.1. The fourth-order valence-corrected chi connectivity index (χ4v) is 3.87. The van der Waals surface area contributed by atoms with Crippen LogP contribution >= 0.6 is 0 Å². The zero-order valence-corrected chi connectivity index (χ0v) is 18.2. The Kier molecular flexibility index (Phi) is 6.84. The summed E-state index contributed by atoms with van der Waals surface area (Å²) in [6.45, 7) is 2.39. The van der Waals surface area contributed by atoms with E-state index in [4.69, 9.17) is 14.2 Å². The minimum atomic E-state index is -0.794. The fourth-order valence-electron chi connectivity index (χ4n) is 3.87. The van der Waals surface area contributed by atoms with Crippen molar-refractivity contribution in [3.63, 3.8) is 0 Å². The second-order valence-corrected chi connectivity index (χ2v) is 7.13. The molecular formula is C24H27NO6. The number of Topliss-reactive ketones (excluding diaryl/α,β-unsaturated/α-hetero) is 1. The normalized spacial score (nSPS) is 17.7. The van der Waals surface area contributed by atoms with E-state index in [9.17, 15) is 14.7 Å². The summed E-state index contributed by atoms with van der Waals surface area (Å²) in [5.41, 5.74) is 0.824. The predicted molar refractivity (Wildman–Crippen MR) is 116 cm³/mol. The SMILES string of the molecule is CCCCN1C(=O)C(=O)/C(=C(/O)c2c(OC)cccc2OC)C1c1ccccc1OC. The van der Waals surface area contributed by atoms with Crippen molar-refractivity contribution in [3.05, 3.63) is 59.2 Å². The maximum Gasteiger partial charge on any atom is 0.295 e. The molecule has 1 saturated heterocycles. The van der Waals surface area contributed by atoms with E-state index in [2.05, 4.69) is 0 Å². The van der Waals surface area contributed by atoms with E-state index in [0.717, 1.165) is 12.8 Å². The van der Waals surface area contributed by atoms with Gasteiger partial charge in [-0.25, -0.2) is 0 Å². The van der Waals surface area contributed by atoms with Crippen LogP contribution in [0.3, 0.4) is 0 Å². The number of carbonyl (C=O) groups excluding carboxylic acids is 2. The second kappa shape index (κ2) is 9.55. The largest absolute Gasteiger partial charge is 0.506 e. The number of amides is 1. The summed E-state index contributed by atoms with van der Waals surface area (Å²) in [7, 11) is 4.45. The maximum atomic E-state index is 13.1. The molecule has 7 heteroatoms. The zero-order valence-electron chi connectivity index (χ0n) is 18.2. The molecule has 164 valence electrons. The van der Waals surface area contributed by atoms with Crippen molar-refractivity contribution < 1.29 is 28.9 Å². The minimum Gasteiger partial charge on any atom is -0.506 e. The van der Waals surface area contributed by atoms with Crippen molar-refractivity contribution in [2.24, 2.45) is 0 Å². The summed E-state index contributed by atoms with van der Waals surface area (Å²) in [5.74, 6) is -0.570. The van der Waals surface area contributed by atoms with Gasteiger partial charge in [0.1, 0.15) is 28.6 Å². The van der Waals surface area contributed by atoms with Crippen LogP contribution in [0.5, 0.6) is 17.2 Å². The van der Waals surface area contributed by atoms with Crippen molar-refractivity contribution in [1.29, 1.82) is 0 Å². The number of aliphatic hydroxyl groups is 1. The molecule has 0 spiro atoms. The van der Waals surface area contributed by atoms with Gasteiger partial charge in [0.15, 0.2) is 0 Å². The van der Waals surface area contributed by atoms with Gasteiger partial charge in [0.05, 0.1) is 32.9 Å². The van der Waals surface area contributed by atoms with Gasteiger partial charge in [0.25, 0.3) is 11.7 Å². The van der Waals surface area contributed by atoms with Gasteiger partial charge in [-0.2, -0.15) is 0 Å². The van der Waals surface area contributed by atoms with Crippen LogP contribution in [-0.2, 0) is 9.59 Å². The van der Waals surface area contributed by atoms with Crippen LogP contribution in [-0.4, -0.2) is 49.6 Å². The summed E-state index contributed by atoms with van der Waals surface area (Å²) in [4.78, 5) is 27.6. The molecule has 2 aromatic carbocycles. The summed E-state index contributed by atoms with van der Waals surface area (Å²) in [6, 6.07) is 11.4. The molecule has 0 aliphatic carbocycles. The Labute approximate surface area is 181 Å². The Balaban J connectivity index is 2.30. The lowest BCUT2D eigenvalue weighted by atomic mass is 9.94. The number of hydrogen-bond acceptors (Lipinski definition) is 6. The van der Waals surface area contributed by atoms with Crippen LogP contribution in [0.4, 0.5) is 0 Å². The van der Waals surface area contributed by atoms with Gasteiger partial charge < -0.3 is 24.2 Å². The van der Waals surface area contributed by atoms with Crippen LogP contribution in [0.25, 0.3) is 5.76 Å². The van der Waals surface area contributed by atoms with Gasteiger partial charge in [-0.1, -0.05) is 37.6 Å². The molecule has 1 amide bonds. The number of para-hydroxylation sites is 1. The second-order valence-electron chi connectivity index (χ2n) is 7.13. The number of benzene rings is 2. The first-order chi connectivity index (χ1) is 15.0. The molecular weight excluding hydrogens is 398 g/mol. The van der Waals surface area contributed by atoms with Crippen molar-refractivity contribution >= 4 is 17.4 Å². The highest BCUT2D eigenvalue weighted by Crippen LogP contribution is 2.45. The molecule has 3 rings (SSSR count). The van der Waals surface area contributed by atoms with E-state index in [1.165, 1.54) is 26.2 Å². The molecule has 0 saturated carbocycles. The number of rotatable bonds is 8. The van der Waals surface area contributed by atoms with E-state index in [0.29, 0.717) is 29.4 Å². The maximum absolute atomic E-state index is 13.1. The van der Waals surface area contributed by atoms with Crippen LogP contribution in [0.1, 0.15) is 36.9 Å². The number of carbonyl (C=O) groups is 2. The first-order valence-electron chi connectivity index (χ1n) is 10.1. The molecule has 1 fully saturated rings. The number of aliphatic hydroxyl groups excluding tert-OH is 1. The lowest BCUT2D eigenvalue weighted by molar-refractivity contribution is -0.139. The number of ketones is 1. The Morgan fingerprint density at radius 2 is 1.52 bits per heavy atom. The third-order valence-corrected chi connectivity index (χ3v) is 5.39. The highest BCUT2D eigenvalue weighted by molar-refractivity contribution is 6.46. The molecule has 1 atom stereocenters. The fraction of sp³-hybridized carbons (Fsp3) is 0.333. The quantitative estimate of drug-likeness (QED) is 0.392. The molecule has 7 nitrogen and oxygen atoms in total. The van der Waals surface area contributed by atoms with Crippen LogP contribution < -0.4 is 14.2 Å². The molecule has 0 aromatic heterocycles. The topological polar surface area (TPSA) is 85.3 Å². The Hall–Kier alpha value is -3.48. The number of ether oxygens (including phenoxy) is 3. The zero-order chi connectivity index (χ0) is 22.5. The van der Waals surface area contributed by atoms with E-state index < -0.39 is 17.7 Å². The highest BCUT2D eigenvalue weighted by Gasteiger charge is 2.47. The molecule has 1 heterocycles. The smallest absolute Gasteiger partial charge is 0.295 e. The minimum absolute atomic E-state index is 0.0200. The van der Waals surface area contributed by atoms with Gasteiger partial charge in [-0.05, 0) is 24.6 Å². The number of hydrogen-bond donors (Lipinski definition) is 1. The Morgan fingerprint density at radius 1 is 0.935 bits per heavy atom. The van der Waals surface area contributed by atoms with Gasteiger partial charge in [-0.3, -0.25) is 9.59 Å². The third-order valence-electron chi connectivity index (χ3n) is 5.39. The number of methoxy groups -OCH3 is 3. The van der Waals surface area contributed by atoms with E-state index in [1.807, 2.05) is 19.1 Å². The average Bonchev–Trinajstić information content (AvgIpc) is 3.06. The van der Waals surface area contributed by atoms with Gasteiger partial charge in [-0.15, -0.1) is 0 Å². The standard InChI is InChI=1S/C24H27NO6/c1-5-6-14-25-21(15-10-7-8-11-16(15)29-2)20(23(27)24(25)28)22(26)19-17(30-3)12-9-13-18(19)31-4/h7-13,21,26H,5-6,14H2,1-4H3/b22-20+. The molecule has 1 N–H and O–H groups in total. The summed E-state index contributed by atoms with van der Waals surface area (Å²) in [6.07, 6.45) is 1.57. The van der Waals surface area contributed by atoms with Crippen molar-refractivity contribution in [2.75, 3.05) is 27.9 Å².